The molecular formula is C16H16BrN3O2. The molecule has 1 rings (SSSR count). The molecular weight excluding hydrogens is 346 g/mol. The quantitative estimate of drug-likeness (QED) is 0.622. The van der Waals surface area contributed by atoms with Crippen molar-refractivity contribution in [1.29, 1.82) is 10.5 Å². The molecule has 1 amide bonds. The van der Waals surface area contributed by atoms with Crippen LogP contribution in [0.2, 0.25) is 0 Å². The van der Waals surface area contributed by atoms with Crippen LogP contribution in [0.4, 0.5) is 0 Å². The maximum absolute atomic E-state index is 12.0. The molecule has 0 saturated carbocycles. The molecule has 0 spiro atoms. The molecule has 0 aliphatic rings. The van der Waals surface area contributed by atoms with Crippen LogP contribution in [0.15, 0.2) is 28.2 Å². The third-order valence-corrected chi connectivity index (χ3v) is 3.53. The number of carbonyl (C=O) groups excluding carboxylic acids is 1. The lowest BCUT2D eigenvalue weighted by Gasteiger charge is -2.10. The van der Waals surface area contributed by atoms with Gasteiger partial charge in [0.05, 0.1) is 4.47 Å². The summed E-state index contributed by atoms with van der Waals surface area (Å²) in [5.74, 6) is 0.138. The van der Waals surface area contributed by atoms with Gasteiger partial charge in [-0.1, -0.05) is 13.0 Å². The highest BCUT2D eigenvalue weighted by atomic mass is 79.9. The van der Waals surface area contributed by atoms with Crippen molar-refractivity contribution in [2.24, 2.45) is 0 Å². The number of rotatable bonds is 6. The largest absolute Gasteiger partial charge is 0.478 e. The molecule has 114 valence electrons. The molecule has 1 N–H and O–H groups in total. The third kappa shape index (κ3) is 5.23. The molecule has 6 heteroatoms. The summed E-state index contributed by atoms with van der Waals surface area (Å²) in [4.78, 5) is 12.0. The normalized spacial score (nSPS) is 12.0. The molecule has 0 aromatic heterocycles. The van der Waals surface area contributed by atoms with E-state index in [1.807, 2.05) is 26.0 Å². The summed E-state index contributed by atoms with van der Waals surface area (Å²) < 4.78 is 5.86. The van der Waals surface area contributed by atoms with Crippen molar-refractivity contribution < 1.29 is 9.53 Å². The smallest absolute Gasteiger partial charge is 0.262 e. The fourth-order valence-electron chi connectivity index (χ4n) is 1.55. The highest BCUT2D eigenvalue weighted by Crippen LogP contribution is 2.26. The molecule has 0 heterocycles. The first-order valence-electron chi connectivity index (χ1n) is 6.73. The second kappa shape index (κ2) is 8.86. The predicted molar refractivity (Wildman–Crippen MR) is 86.7 cm³/mol. The van der Waals surface area contributed by atoms with Gasteiger partial charge in [-0.25, -0.2) is 0 Å². The predicted octanol–water partition coefficient (Wildman–Crippen LogP) is 3.17. The molecule has 1 atom stereocenters. The lowest BCUT2D eigenvalue weighted by molar-refractivity contribution is -0.117. The van der Waals surface area contributed by atoms with Gasteiger partial charge in [-0.05, 0) is 53.0 Å². The maximum atomic E-state index is 12.0. The number of hydrogen-bond donors (Lipinski definition) is 1. The van der Waals surface area contributed by atoms with Crippen LogP contribution < -0.4 is 10.1 Å². The molecule has 0 saturated heterocycles. The Morgan fingerprint density at radius 2 is 2.23 bits per heavy atom. The number of halogens is 1. The van der Waals surface area contributed by atoms with E-state index in [1.165, 1.54) is 6.08 Å². The summed E-state index contributed by atoms with van der Waals surface area (Å²) in [6.45, 7) is 3.79. The average Bonchev–Trinajstić information content (AvgIpc) is 2.51. The lowest BCUT2D eigenvalue weighted by atomic mass is 10.1. The molecule has 0 bridgehead atoms. The van der Waals surface area contributed by atoms with Gasteiger partial charge in [-0.15, -0.1) is 0 Å². The van der Waals surface area contributed by atoms with Crippen molar-refractivity contribution in [3.63, 3.8) is 0 Å². The Balaban J connectivity index is 2.95. The van der Waals surface area contributed by atoms with Gasteiger partial charge in [0.15, 0.2) is 6.61 Å². The van der Waals surface area contributed by atoms with Crippen LogP contribution in [-0.2, 0) is 4.79 Å². The molecule has 0 unspecified atom stereocenters. The van der Waals surface area contributed by atoms with Crippen LogP contribution in [0.1, 0.15) is 25.8 Å². The Hall–Kier alpha value is -2.31. The summed E-state index contributed by atoms with van der Waals surface area (Å²) in [7, 11) is 0. The highest BCUT2D eigenvalue weighted by molar-refractivity contribution is 9.10. The topological polar surface area (TPSA) is 85.9 Å². The Morgan fingerprint density at radius 3 is 2.77 bits per heavy atom. The monoisotopic (exact) mass is 361 g/mol. The number of benzene rings is 1. The van der Waals surface area contributed by atoms with Crippen molar-refractivity contribution in [2.75, 3.05) is 6.61 Å². The van der Waals surface area contributed by atoms with Gasteiger partial charge in [0, 0.05) is 6.04 Å². The van der Waals surface area contributed by atoms with Crippen molar-refractivity contribution >= 4 is 27.9 Å². The molecule has 1 aromatic rings. The fraction of sp³-hybridized carbons (Fsp3) is 0.312. The van der Waals surface area contributed by atoms with Crippen LogP contribution in [0.5, 0.6) is 5.75 Å². The highest BCUT2D eigenvalue weighted by Gasteiger charge is 2.11. The first-order valence-corrected chi connectivity index (χ1v) is 7.53. The van der Waals surface area contributed by atoms with E-state index >= 15 is 0 Å². The first kappa shape index (κ1) is 17.7. The van der Waals surface area contributed by atoms with Crippen molar-refractivity contribution in [3.05, 3.63) is 33.8 Å². The molecule has 1 aromatic carbocycles. The number of nitrogens with zero attached hydrogens (tertiary/aromatic N) is 2. The summed E-state index contributed by atoms with van der Waals surface area (Å²) in [6, 6.07) is 8.92. The molecule has 5 nitrogen and oxygen atoms in total. The first-order chi connectivity index (χ1) is 10.5. The summed E-state index contributed by atoms with van der Waals surface area (Å²) >= 11 is 3.33. The van der Waals surface area contributed by atoms with E-state index in [0.717, 1.165) is 6.42 Å². The van der Waals surface area contributed by atoms with Crippen LogP contribution in [-0.4, -0.2) is 18.6 Å². The number of amides is 1. The van der Waals surface area contributed by atoms with Gasteiger partial charge in [0.2, 0.25) is 0 Å². The van der Waals surface area contributed by atoms with Gasteiger partial charge in [-0.2, -0.15) is 10.5 Å². The standard InChI is InChI=1S/C16H16BrN3O2/c1-3-11(2)20-16(21)13(10-19)8-12-4-5-15(14(17)9-12)22-7-6-18/h4-5,8-9,11H,3,7H2,1-2H3,(H,20,21)/b13-8+/t11-/m1/s1. The number of nitrogens with one attached hydrogen (secondary N) is 1. The van der Waals surface area contributed by atoms with Gasteiger partial charge < -0.3 is 10.1 Å². The molecule has 0 aliphatic heterocycles. The second-order valence-electron chi connectivity index (χ2n) is 4.59. The molecule has 0 aliphatic carbocycles. The van der Waals surface area contributed by atoms with E-state index in [9.17, 15) is 4.79 Å². The number of hydrogen-bond acceptors (Lipinski definition) is 4. The second-order valence-corrected chi connectivity index (χ2v) is 5.44. The zero-order valence-corrected chi connectivity index (χ0v) is 14.0. The summed E-state index contributed by atoms with van der Waals surface area (Å²) in [5.41, 5.74) is 0.727. The number of carbonyl (C=O) groups is 1. The molecule has 0 fully saturated rings. The minimum Gasteiger partial charge on any atom is -0.478 e. The van der Waals surface area contributed by atoms with Gasteiger partial charge in [0.1, 0.15) is 23.5 Å². The van der Waals surface area contributed by atoms with Gasteiger partial charge >= 0.3 is 0 Å². The SMILES string of the molecule is CC[C@@H](C)NC(=O)/C(C#N)=C/c1ccc(OCC#N)c(Br)c1. The summed E-state index contributed by atoms with van der Waals surface area (Å²) in [6.07, 6.45) is 2.30. The number of nitriles is 2. The fourth-order valence-corrected chi connectivity index (χ4v) is 2.06. The molecule has 22 heavy (non-hydrogen) atoms. The van der Waals surface area contributed by atoms with E-state index in [2.05, 4.69) is 21.2 Å². The Morgan fingerprint density at radius 1 is 1.50 bits per heavy atom. The van der Waals surface area contributed by atoms with E-state index < -0.39 is 5.91 Å². The van der Waals surface area contributed by atoms with Crippen LogP contribution in [0, 0.1) is 22.7 Å². The minimum atomic E-state index is -0.391. The zero-order chi connectivity index (χ0) is 16.5. The van der Waals surface area contributed by atoms with Crippen LogP contribution >= 0.6 is 15.9 Å². The molecule has 0 radical (unpaired) electrons. The van der Waals surface area contributed by atoms with E-state index in [4.69, 9.17) is 15.3 Å². The van der Waals surface area contributed by atoms with Crippen molar-refractivity contribution in [2.45, 2.75) is 26.3 Å². The Bertz CT molecular complexity index is 656. The van der Waals surface area contributed by atoms with Crippen LogP contribution in [0.3, 0.4) is 0 Å². The van der Waals surface area contributed by atoms with Crippen molar-refractivity contribution in [3.8, 4) is 17.9 Å². The zero-order valence-electron chi connectivity index (χ0n) is 12.4. The lowest BCUT2D eigenvalue weighted by Crippen LogP contribution is -2.32. The minimum absolute atomic E-state index is 0.0118. The van der Waals surface area contributed by atoms with Crippen molar-refractivity contribution in [1.82, 2.24) is 5.32 Å². The van der Waals surface area contributed by atoms with Gasteiger partial charge in [0.25, 0.3) is 5.91 Å². The van der Waals surface area contributed by atoms with Gasteiger partial charge in [-0.3, -0.25) is 4.79 Å². The Labute approximate surface area is 138 Å². The van der Waals surface area contributed by atoms with Crippen LogP contribution in [0.25, 0.3) is 6.08 Å². The maximum Gasteiger partial charge on any atom is 0.262 e. The third-order valence-electron chi connectivity index (χ3n) is 2.91. The average molecular weight is 362 g/mol. The summed E-state index contributed by atoms with van der Waals surface area (Å²) in [5, 5.41) is 20.4. The number of ether oxygens (including phenoxy) is 1. The van der Waals surface area contributed by atoms with E-state index in [1.54, 1.807) is 18.2 Å². The van der Waals surface area contributed by atoms with E-state index in [0.29, 0.717) is 15.8 Å². The van der Waals surface area contributed by atoms with E-state index in [-0.39, 0.29) is 18.2 Å². The Kier molecular flexibility index (Phi) is 7.15.